The SMILES string of the molecule is COC1CN(c2cc(C)c3c(c2)Oc2ccc(F)c(c2)[C@H](n2cc(CCN4CC(F)C4)c(C(F)(F)F)cc2=O)C(=O)N[C@H](CC(=O)O)c2cc-3cc(C)c2F)C1. The molecule has 3 aliphatic heterocycles. The fourth-order valence-electron chi connectivity index (χ4n) is 7.59. The molecule has 2 saturated heterocycles. The molecule has 4 aromatic rings. The molecule has 296 valence electrons. The van der Waals surface area contributed by atoms with E-state index in [9.17, 15) is 37.1 Å². The molecule has 10 nitrogen and oxygen atoms in total. The number of carbonyl (C=O) groups excluding carboxylic acids is 1. The summed E-state index contributed by atoms with van der Waals surface area (Å²) in [6, 6.07) is 6.67. The van der Waals surface area contributed by atoms with Crippen LogP contribution in [0.1, 0.15) is 51.9 Å². The molecule has 3 aliphatic rings. The number of likely N-dealkylation sites (tertiary alicyclic amines) is 1. The number of carboxylic acid groups (broad SMARTS) is 1. The molecule has 4 heterocycles. The molecule has 0 unspecified atom stereocenters. The van der Waals surface area contributed by atoms with Crippen molar-refractivity contribution in [1.82, 2.24) is 14.8 Å². The second-order valence-corrected chi connectivity index (χ2v) is 14.5. The monoisotopic (exact) mass is 784 g/mol. The maximum absolute atomic E-state index is 16.1. The molecule has 1 amide bonds. The van der Waals surface area contributed by atoms with E-state index in [0.29, 0.717) is 40.4 Å². The number of anilines is 1. The summed E-state index contributed by atoms with van der Waals surface area (Å²) in [5.74, 6) is -4.27. The quantitative estimate of drug-likeness (QED) is 0.195. The number of pyridine rings is 1. The Labute approximate surface area is 317 Å². The van der Waals surface area contributed by atoms with Crippen LogP contribution in [0.25, 0.3) is 11.1 Å². The summed E-state index contributed by atoms with van der Waals surface area (Å²) in [5, 5.41) is 12.4. The summed E-state index contributed by atoms with van der Waals surface area (Å²) >= 11 is 0. The number of carbonyl (C=O) groups is 2. The normalized spacial score (nSPS) is 19.1. The minimum absolute atomic E-state index is 0.00314. The number of nitrogens with zero attached hydrogens (tertiary/aromatic N) is 3. The number of aromatic nitrogens is 1. The van der Waals surface area contributed by atoms with Crippen molar-refractivity contribution in [2.24, 2.45) is 0 Å². The van der Waals surface area contributed by atoms with Crippen LogP contribution in [-0.2, 0) is 26.9 Å². The number of halogens is 6. The Morgan fingerprint density at radius 1 is 0.982 bits per heavy atom. The average molecular weight is 785 g/mol. The highest BCUT2D eigenvalue weighted by molar-refractivity contribution is 5.86. The molecule has 16 heteroatoms. The Bertz CT molecular complexity index is 2270. The maximum Gasteiger partial charge on any atom is 0.416 e. The molecule has 2 N–H and O–H groups in total. The van der Waals surface area contributed by atoms with Crippen LogP contribution >= 0.6 is 0 Å². The molecule has 0 spiro atoms. The Kier molecular flexibility index (Phi) is 10.4. The zero-order valence-electron chi connectivity index (χ0n) is 30.6. The lowest BCUT2D eigenvalue weighted by Crippen LogP contribution is -2.51. The molecule has 0 aliphatic carbocycles. The third kappa shape index (κ3) is 7.59. The molecule has 0 radical (unpaired) electrons. The molecule has 3 aromatic carbocycles. The molecule has 2 fully saturated rings. The van der Waals surface area contributed by atoms with Crippen LogP contribution < -0.4 is 20.5 Å². The van der Waals surface area contributed by atoms with Gasteiger partial charge in [0.15, 0.2) is 0 Å². The van der Waals surface area contributed by atoms with Gasteiger partial charge in [0.05, 0.1) is 24.1 Å². The minimum Gasteiger partial charge on any atom is -0.481 e. The van der Waals surface area contributed by atoms with E-state index in [0.717, 1.165) is 24.0 Å². The Hall–Kier alpha value is -5.35. The zero-order chi connectivity index (χ0) is 40.2. The van der Waals surface area contributed by atoms with E-state index in [1.54, 1.807) is 24.1 Å². The Morgan fingerprint density at radius 3 is 2.38 bits per heavy atom. The predicted octanol–water partition coefficient (Wildman–Crippen LogP) is 6.49. The highest BCUT2D eigenvalue weighted by Crippen LogP contribution is 2.43. The number of nitrogens with one attached hydrogen (secondary N) is 1. The highest BCUT2D eigenvalue weighted by Gasteiger charge is 2.38. The summed E-state index contributed by atoms with van der Waals surface area (Å²) < 4.78 is 101. The maximum atomic E-state index is 16.1. The summed E-state index contributed by atoms with van der Waals surface area (Å²) in [4.78, 5) is 44.0. The number of ether oxygens (including phenoxy) is 2. The Morgan fingerprint density at radius 2 is 1.71 bits per heavy atom. The minimum atomic E-state index is -4.99. The van der Waals surface area contributed by atoms with Gasteiger partial charge in [0.1, 0.15) is 35.3 Å². The number of aliphatic carboxylic acids is 1. The number of amides is 1. The van der Waals surface area contributed by atoms with Gasteiger partial charge < -0.3 is 24.8 Å². The number of aryl methyl sites for hydroxylation is 2. The van der Waals surface area contributed by atoms with E-state index in [1.807, 2.05) is 17.9 Å². The van der Waals surface area contributed by atoms with Gasteiger partial charge in [0.2, 0.25) is 5.91 Å². The Balaban J connectivity index is 1.44. The van der Waals surface area contributed by atoms with E-state index in [2.05, 4.69) is 5.32 Å². The fourth-order valence-corrected chi connectivity index (χ4v) is 7.59. The first-order valence-corrected chi connectivity index (χ1v) is 17.9. The first-order chi connectivity index (χ1) is 26.5. The van der Waals surface area contributed by atoms with Gasteiger partial charge in [0.25, 0.3) is 5.56 Å². The van der Waals surface area contributed by atoms with Crippen molar-refractivity contribution >= 4 is 17.6 Å². The van der Waals surface area contributed by atoms with Crippen LogP contribution in [0.2, 0.25) is 0 Å². The van der Waals surface area contributed by atoms with Crippen LogP contribution in [0.5, 0.6) is 11.5 Å². The summed E-state index contributed by atoms with van der Waals surface area (Å²) in [7, 11) is 1.61. The molecule has 0 saturated carbocycles. The number of alkyl halides is 4. The van der Waals surface area contributed by atoms with E-state index in [-0.39, 0.29) is 54.8 Å². The van der Waals surface area contributed by atoms with E-state index >= 15 is 8.78 Å². The van der Waals surface area contributed by atoms with Gasteiger partial charge in [-0.15, -0.1) is 0 Å². The van der Waals surface area contributed by atoms with Crippen LogP contribution in [0.3, 0.4) is 0 Å². The second kappa shape index (κ2) is 15.0. The predicted molar refractivity (Wildman–Crippen MR) is 193 cm³/mol. The molecule has 7 rings (SSSR count). The van der Waals surface area contributed by atoms with Crippen molar-refractivity contribution in [2.75, 3.05) is 44.7 Å². The number of methoxy groups -OCH3 is 1. The average Bonchev–Trinajstić information content (AvgIpc) is 3.08. The van der Waals surface area contributed by atoms with Crippen molar-refractivity contribution < 1.29 is 50.5 Å². The van der Waals surface area contributed by atoms with E-state index < -0.39 is 76.6 Å². The van der Waals surface area contributed by atoms with Crippen molar-refractivity contribution in [1.29, 1.82) is 0 Å². The molecule has 4 bridgehead atoms. The number of fused-ring (bicyclic) bond motifs is 6. The molecular formula is C40H38F6N4O6. The lowest BCUT2D eigenvalue weighted by atomic mass is 9.91. The van der Waals surface area contributed by atoms with Crippen molar-refractivity contribution in [2.45, 2.75) is 57.2 Å². The van der Waals surface area contributed by atoms with Gasteiger partial charge in [-0.25, -0.2) is 13.2 Å². The van der Waals surface area contributed by atoms with Gasteiger partial charge in [-0.3, -0.25) is 23.9 Å². The van der Waals surface area contributed by atoms with Gasteiger partial charge in [-0.05, 0) is 78.9 Å². The summed E-state index contributed by atoms with van der Waals surface area (Å²) in [5.41, 5.74) is -1.29. The van der Waals surface area contributed by atoms with Crippen LogP contribution in [0.15, 0.2) is 59.5 Å². The van der Waals surface area contributed by atoms with Gasteiger partial charge in [-0.2, -0.15) is 13.2 Å². The largest absolute Gasteiger partial charge is 0.481 e. The highest BCUT2D eigenvalue weighted by atomic mass is 19.4. The number of rotatable bonds is 8. The van der Waals surface area contributed by atoms with E-state index in [1.165, 1.54) is 19.1 Å². The zero-order valence-corrected chi connectivity index (χ0v) is 30.6. The second-order valence-electron chi connectivity index (χ2n) is 14.5. The van der Waals surface area contributed by atoms with Crippen molar-refractivity contribution in [3.63, 3.8) is 0 Å². The van der Waals surface area contributed by atoms with Crippen LogP contribution in [0, 0.1) is 25.5 Å². The third-order valence-corrected chi connectivity index (χ3v) is 10.6. The van der Waals surface area contributed by atoms with Gasteiger partial charge in [-0.1, -0.05) is 0 Å². The van der Waals surface area contributed by atoms with Crippen molar-refractivity contribution in [3.05, 3.63) is 110 Å². The standard InChI is InChI=1S/C40H38F6N4O6/c1-20-9-25(49-18-27(19-49)55-3)11-33-36(20)23-8-21(2)37(43)29(10-23)32(14-35(52)53)47-39(54)38(28-12-26(56-33)4-5-31(28)42)50-15-22(6-7-48-16-24(41)17-48)30(13-34(50)51)40(44,45)46/h4-5,8-13,15,24,27,32,38H,6-7,14,16-19H2,1-3H3,(H,47,54)(H,52,53)/t32-,38+/m1/s1. The number of hydrogen-bond donors (Lipinski definition) is 2. The number of hydrogen-bond acceptors (Lipinski definition) is 7. The lowest BCUT2D eigenvalue weighted by molar-refractivity contribution is -0.139. The fraction of sp³-hybridized carbons (Fsp3) is 0.375. The first kappa shape index (κ1) is 38.9. The lowest BCUT2D eigenvalue weighted by Gasteiger charge is -2.40. The smallest absolute Gasteiger partial charge is 0.416 e. The molecule has 1 aromatic heterocycles. The van der Waals surface area contributed by atoms with Crippen molar-refractivity contribution in [3.8, 4) is 22.6 Å². The summed E-state index contributed by atoms with van der Waals surface area (Å²) in [6.07, 6.45) is -6.45. The first-order valence-electron chi connectivity index (χ1n) is 17.9. The number of carboxylic acids is 1. The third-order valence-electron chi connectivity index (χ3n) is 10.6. The molecule has 2 atom stereocenters. The van der Waals surface area contributed by atoms with Crippen LogP contribution in [-0.4, -0.2) is 78.6 Å². The molecule has 56 heavy (non-hydrogen) atoms. The van der Waals surface area contributed by atoms with Gasteiger partial charge in [0, 0.05) is 80.5 Å². The van der Waals surface area contributed by atoms with E-state index in [4.69, 9.17) is 9.47 Å². The van der Waals surface area contributed by atoms with Gasteiger partial charge >= 0.3 is 12.1 Å². The topological polar surface area (TPSA) is 113 Å². The number of benzene rings is 3. The van der Waals surface area contributed by atoms with Crippen LogP contribution in [0.4, 0.5) is 32.0 Å². The summed E-state index contributed by atoms with van der Waals surface area (Å²) in [6.45, 7) is 4.47. The molecular weight excluding hydrogens is 746 g/mol.